The van der Waals surface area contributed by atoms with E-state index in [-0.39, 0.29) is 11.3 Å². The number of pyridine rings is 1. The lowest BCUT2D eigenvalue weighted by atomic mass is 10.2. The van der Waals surface area contributed by atoms with Crippen molar-refractivity contribution in [2.75, 3.05) is 0 Å². The van der Waals surface area contributed by atoms with Crippen molar-refractivity contribution in [3.63, 3.8) is 0 Å². The van der Waals surface area contributed by atoms with E-state index < -0.39 is 5.97 Å². The third-order valence-electron chi connectivity index (χ3n) is 1.97. The van der Waals surface area contributed by atoms with Crippen molar-refractivity contribution >= 4 is 33.7 Å². The minimum absolute atomic E-state index is 0.0869. The molecule has 2 aromatic rings. The van der Waals surface area contributed by atoms with Gasteiger partial charge in [0.15, 0.2) is 12.0 Å². The van der Waals surface area contributed by atoms with Crippen LogP contribution in [-0.4, -0.2) is 27.0 Å². The Labute approximate surface area is 92.5 Å². The summed E-state index contributed by atoms with van der Waals surface area (Å²) in [6.45, 7) is 0. The Morgan fingerprint density at radius 3 is 2.87 bits per heavy atom. The van der Waals surface area contributed by atoms with E-state index in [1.807, 2.05) is 0 Å². The summed E-state index contributed by atoms with van der Waals surface area (Å²) in [5.41, 5.74) is 0.317. The molecule has 0 aliphatic heterocycles. The smallest absolute Gasteiger partial charge is 0.357 e. The number of hydrogen-bond donors (Lipinski definition) is 1. The molecule has 0 spiro atoms. The summed E-state index contributed by atoms with van der Waals surface area (Å²) in [7, 11) is 0. The molecule has 2 rings (SSSR count). The summed E-state index contributed by atoms with van der Waals surface area (Å²) in [4.78, 5) is 21.6. The van der Waals surface area contributed by atoms with Gasteiger partial charge in [-0.3, -0.25) is 4.79 Å². The number of aldehydes is 1. The second-order valence-electron chi connectivity index (χ2n) is 2.83. The number of aromatic nitrogens is 2. The monoisotopic (exact) mass is 268 g/mol. The zero-order valence-corrected chi connectivity index (χ0v) is 8.93. The van der Waals surface area contributed by atoms with Gasteiger partial charge in [-0.2, -0.15) is 5.10 Å². The van der Waals surface area contributed by atoms with Gasteiger partial charge in [0.1, 0.15) is 4.60 Å². The van der Waals surface area contributed by atoms with Crippen LogP contribution in [0, 0.1) is 0 Å². The first-order valence-electron chi connectivity index (χ1n) is 4.01. The van der Waals surface area contributed by atoms with Crippen LogP contribution in [-0.2, 0) is 0 Å². The van der Waals surface area contributed by atoms with Crippen molar-refractivity contribution in [2.45, 2.75) is 0 Å². The first-order chi connectivity index (χ1) is 7.15. The molecule has 15 heavy (non-hydrogen) atoms. The first kappa shape index (κ1) is 9.85. The van der Waals surface area contributed by atoms with Crippen LogP contribution < -0.4 is 0 Å². The number of halogens is 1. The van der Waals surface area contributed by atoms with Crippen LogP contribution in [0.15, 0.2) is 22.8 Å². The zero-order valence-electron chi connectivity index (χ0n) is 7.35. The van der Waals surface area contributed by atoms with Crippen LogP contribution in [0.5, 0.6) is 0 Å². The molecule has 0 aliphatic carbocycles. The number of carbonyl (C=O) groups is 2. The van der Waals surface area contributed by atoms with Crippen molar-refractivity contribution < 1.29 is 14.7 Å². The van der Waals surface area contributed by atoms with E-state index >= 15 is 0 Å². The topological polar surface area (TPSA) is 71.7 Å². The third-order valence-corrected chi connectivity index (χ3v) is 2.57. The lowest BCUT2D eigenvalue weighted by Crippen LogP contribution is -2.00. The predicted octanol–water partition coefficient (Wildman–Crippen LogP) is 1.61. The molecular weight excluding hydrogens is 264 g/mol. The van der Waals surface area contributed by atoms with Crippen molar-refractivity contribution in [1.29, 1.82) is 0 Å². The molecule has 76 valence electrons. The maximum atomic E-state index is 10.8. The quantitative estimate of drug-likeness (QED) is 0.664. The Morgan fingerprint density at radius 1 is 1.53 bits per heavy atom. The normalized spacial score (nSPS) is 10.5. The Morgan fingerprint density at radius 2 is 2.27 bits per heavy atom. The molecule has 0 radical (unpaired) electrons. The summed E-state index contributed by atoms with van der Waals surface area (Å²) >= 11 is 3.21. The lowest BCUT2D eigenvalue weighted by Gasteiger charge is -1.94. The Balaban J connectivity index is 2.90. The fraction of sp³-hybridized carbons (Fsp3) is 0. The first-order valence-corrected chi connectivity index (χ1v) is 4.80. The number of fused-ring (bicyclic) bond motifs is 1. The van der Waals surface area contributed by atoms with Gasteiger partial charge in [-0.25, -0.2) is 9.31 Å². The minimum atomic E-state index is -1.22. The molecule has 0 saturated carbocycles. The molecule has 0 fully saturated rings. The molecular formula is C9H5BrN2O3. The number of hydrogen-bond acceptors (Lipinski definition) is 3. The Hall–Kier alpha value is -1.69. The number of carboxylic acids is 1. The lowest BCUT2D eigenvalue weighted by molar-refractivity contribution is 0.0687. The maximum Gasteiger partial charge on any atom is 0.357 e. The third kappa shape index (κ3) is 1.42. The van der Waals surface area contributed by atoms with Gasteiger partial charge in [0, 0.05) is 0 Å². The number of nitrogens with zero attached hydrogens (tertiary/aromatic N) is 2. The summed E-state index contributed by atoms with van der Waals surface area (Å²) in [6.07, 6.45) is 0.498. The van der Waals surface area contributed by atoms with E-state index in [2.05, 4.69) is 21.0 Å². The van der Waals surface area contributed by atoms with Crippen LogP contribution in [0.1, 0.15) is 20.8 Å². The number of rotatable bonds is 2. The molecule has 0 aromatic carbocycles. The molecule has 1 N–H and O–H groups in total. The van der Waals surface area contributed by atoms with Crippen molar-refractivity contribution in [3.8, 4) is 0 Å². The molecule has 0 bridgehead atoms. The van der Waals surface area contributed by atoms with Crippen LogP contribution >= 0.6 is 15.9 Å². The molecule has 2 heterocycles. The largest absolute Gasteiger partial charge is 0.476 e. The van der Waals surface area contributed by atoms with Crippen LogP contribution in [0.3, 0.4) is 0 Å². The van der Waals surface area contributed by atoms with Gasteiger partial charge in [-0.05, 0) is 28.1 Å². The number of carbonyl (C=O) groups excluding carboxylic acids is 1. The van der Waals surface area contributed by atoms with Gasteiger partial charge < -0.3 is 5.11 Å². The predicted molar refractivity (Wildman–Crippen MR) is 55.2 cm³/mol. The van der Waals surface area contributed by atoms with E-state index in [0.29, 0.717) is 16.4 Å². The van der Waals surface area contributed by atoms with Gasteiger partial charge in [-0.15, -0.1) is 0 Å². The zero-order chi connectivity index (χ0) is 11.0. The van der Waals surface area contributed by atoms with E-state index in [1.165, 1.54) is 4.52 Å². The molecule has 0 unspecified atom stereocenters. The van der Waals surface area contributed by atoms with Gasteiger partial charge in [0.2, 0.25) is 0 Å². The summed E-state index contributed by atoms with van der Waals surface area (Å²) in [5, 5.41) is 12.7. The highest BCUT2D eigenvalue weighted by Crippen LogP contribution is 2.18. The van der Waals surface area contributed by atoms with Crippen LogP contribution in [0.2, 0.25) is 0 Å². The average Bonchev–Trinajstić information content (AvgIpc) is 2.57. The van der Waals surface area contributed by atoms with Crippen LogP contribution in [0.4, 0.5) is 0 Å². The van der Waals surface area contributed by atoms with Crippen molar-refractivity contribution in [1.82, 2.24) is 9.61 Å². The van der Waals surface area contributed by atoms with Gasteiger partial charge in [0.05, 0.1) is 11.1 Å². The van der Waals surface area contributed by atoms with Crippen molar-refractivity contribution in [3.05, 3.63) is 34.1 Å². The van der Waals surface area contributed by atoms with E-state index in [1.54, 1.807) is 18.2 Å². The standard InChI is InChI=1S/C9H5BrN2O3/c10-7-3-1-2-6-5(4-13)8(9(14)15)11-12(6)7/h1-4H,(H,14,15). The fourth-order valence-electron chi connectivity index (χ4n) is 1.33. The number of aromatic carboxylic acids is 1. The van der Waals surface area contributed by atoms with E-state index in [9.17, 15) is 9.59 Å². The highest BCUT2D eigenvalue weighted by atomic mass is 79.9. The average molecular weight is 269 g/mol. The Bertz CT molecular complexity index is 562. The highest BCUT2D eigenvalue weighted by molar-refractivity contribution is 9.10. The second-order valence-corrected chi connectivity index (χ2v) is 3.64. The molecule has 0 amide bonds. The maximum absolute atomic E-state index is 10.8. The molecule has 5 nitrogen and oxygen atoms in total. The SMILES string of the molecule is O=Cc1c(C(=O)O)nn2c(Br)cccc12. The molecule has 0 aliphatic rings. The van der Waals surface area contributed by atoms with Gasteiger partial charge in [0.25, 0.3) is 0 Å². The summed E-state index contributed by atoms with van der Waals surface area (Å²) in [6, 6.07) is 5.05. The van der Waals surface area contributed by atoms with Gasteiger partial charge >= 0.3 is 5.97 Å². The molecule has 2 aromatic heterocycles. The minimum Gasteiger partial charge on any atom is -0.476 e. The van der Waals surface area contributed by atoms with E-state index in [0.717, 1.165) is 0 Å². The summed E-state index contributed by atoms with van der Waals surface area (Å²) < 4.78 is 1.96. The molecule has 0 saturated heterocycles. The van der Waals surface area contributed by atoms with Gasteiger partial charge in [-0.1, -0.05) is 6.07 Å². The fourth-order valence-corrected chi connectivity index (χ4v) is 1.75. The van der Waals surface area contributed by atoms with Crippen LogP contribution in [0.25, 0.3) is 5.52 Å². The Kier molecular flexibility index (Phi) is 2.28. The highest BCUT2D eigenvalue weighted by Gasteiger charge is 2.18. The summed E-state index contributed by atoms with van der Waals surface area (Å²) in [5.74, 6) is -1.22. The second kappa shape index (κ2) is 3.47. The van der Waals surface area contributed by atoms with Crippen molar-refractivity contribution in [2.24, 2.45) is 0 Å². The molecule has 0 atom stereocenters. The van der Waals surface area contributed by atoms with E-state index in [4.69, 9.17) is 5.11 Å². The molecule has 6 heteroatoms. The number of carboxylic acid groups (broad SMARTS) is 1.